The van der Waals surface area contributed by atoms with Crippen LogP contribution in [0, 0.1) is 0 Å². The molecule has 1 N–H and O–H groups in total. The van der Waals surface area contributed by atoms with Crippen molar-refractivity contribution in [2.75, 3.05) is 12.4 Å². The van der Waals surface area contributed by atoms with Crippen molar-refractivity contribution >= 4 is 11.8 Å². The normalized spacial score (nSPS) is 9.61. The van der Waals surface area contributed by atoms with Crippen LogP contribution in [0.3, 0.4) is 0 Å². The van der Waals surface area contributed by atoms with Crippen LogP contribution in [0.4, 0.5) is 10.5 Å². The Bertz CT molecular complexity index is 529. The lowest BCUT2D eigenvalue weighted by atomic mass is 10.3. The molecular weight excluding hydrogens is 232 g/mol. The summed E-state index contributed by atoms with van der Waals surface area (Å²) in [5.74, 6) is 0.906. The Hall–Kier alpha value is -2.56. The summed E-state index contributed by atoms with van der Waals surface area (Å²) in [6.45, 7) is 0. The largest absolute Gasteiger partial charge is 0.481 e. The zero-order chi connectivity index (χ0) is 12.8. The van der Waals surface area contributed by atoms with E-state index in [1.54, 1.807) is 36.4 Å². The van der Waals surface area contributed by atoms with Crippen molar-refractivity contribution in [3.63, 3.8) is 0 Å². The van der Waals surface area contributed by atoms with Crippen LogP contribution in [0.5, 0.6) is 11.6 Å². The third kappa shape index (κ3) is 3.21. The van der Waals surface area contributed by atoms with E-state index in [9.17, 15) is 4.79 Å². The number of hydrogen-bond donors (Lipinski definition) is 1. The van der Waals surface area contributed by atoms with E-state index < -0.39 is 6.09 Å². The average Bonchev–Trinajstić information content (AvgIpc) is 2.40. The number of pyridine rings is 1. The first-order valence-corrected chi connectivity index (χ1v) is 5.32. The van der Waals surface area contributed by atoms with Crippen molar-refractivity contribution in [1.82, 2.24) is 4.98 Å². The number of ether oxygens (including phenoxy) is 2. The van der Waals surface area contributed by atoms with Crippen molar-refractivity contribution in [1.29, 1.82) is 0 Å². The lowest BCUT2D eigenvalue weighted by Crippen LogP contribution is -2.16. The number of para-hydroxylation sites is 1. The van der Waals surface area contributed by atoms with Gasteiger partial charge < -0.3 is 9.47 Å². The molecule has 0 fully saturated rings. The second kappa shape index (κ2) is 5.67. The van der Waals surface area contributed by atoms with Gasteiger partial charge in [-0.05, 0) is 18.2 Å². The molecule has 0 aliphatic rings. The second-order valence-electron chi connectivity index (χ2n) is 3.41. The highest BCUT2D eigenvalue weighted by Crippen LogP contribution is 2.14. The van der Waals surface area contributed by atoms with Gasteiger partial charge in [-0.1, -0.05) is 18.2 Å². The fraction of sp³-hybridized carbons (Fsp3) is 0.0769. The van der Waals surface area contributed by atoms with E-state index in [1.807, 2.05) is 6.07 Å². The first-order valence-electron chi connectivity index (χ1n) is 5.32. The number of rotatable bonds is 3. The smallest absolute Gasteiger partial charge is 0.417 e. The average molecular weight is 244 g/mol. The standard InChI is InChI=1S/C13H12N2O3/c1-17-12-9-10(7-8-14-12)15-13(16)18-11-5-3-2-4-6-11/h2-9H,1H3,(H,14,15,16). The van der Waals surface area contributed by atoms with E-state index in [4.69, 9.17) is 9.47 Å². The van der Waals surface area contributed by atoms with Gasteiger partial charge in [0.1, 0.15) is 5.75 Å². The molecule has 1 aromatic heterocycles. The van der Waals surface area contributed by atoms with Crippen molar-refractivity contribution in [2.45, 2.75) is 0 Å². The molecular formula is C13H12N2O3. The highest BCUT2D eigenvalue weighted by molar-refractivity contribution is 5.86. The van der Waals surface area contributed by atoms with Gasteiger partial charge in [0.25, 0.3) is 0 Å². The molecule has 0 aliphatic carbocycles. The number of carbonyl (C=O) groups excluding carboxylic acids is 1. The number of amides is 1. The minimum absolute atomic E-state index is 0.424. The Morgan fingerprint density at radius 1 is 1.22 bits per heavy atom. The van der Waals surface area contributed by atoms with Crippen molar-refractivity contribution in [2.24, 2.45) is 0 Å². The maximum atomic E-state index is 11.6. The number of aromatic nitrogens is 1. The van der Waals surface area contributed by atoms with Crippen LogP contribution >= 0.6 is 0 Å². The van der Waals surface area contributed by atoms with Crippen LogP contribution in [0.1, 0.15) is 0 Å². The number of carbonyl (C=O) groups is 1. The van der Waals surface area contributed by atoms with Gasteiger partial charge in [0.15, 0.2) is 0 Å². The summed E-state index contributed by atoms with van der Waals surface area (Å²) in [7, 11) is 1.51. The number of nitrogens with one attached hydrogen (secondary N) is 1. The Morgan fingerprint density at radius 3 is 2.72 bits per heavy atom. The number of hydrogen-bond acceptors (Lipinski definition) is 4. The van der Waals surface area contributed by atoms with Gasteiger partial charge >= 0.3 is 6.09 Å². The lowest BCUT2D eigenvalue weighted by Gasteiger charge is -2.07. The number of benzene rings is 1. The highest BCUT2D eigenvalue weighted by Gasteiger charge is 2.05. The molecule has 0 unspecified atom stereocenters. The van der Waals surface area contributed by atoms with E-state index in [0.717, 1.165) is 0 Å². The minimum Gasteiger partial charge on any atom is -0.481 e. The van der Waals surface area contributed by atoms with E-state index >= 15 is 0 Å². The molecule has 0 saturated carbocycles. The molecule has 0 aliphatic heterocycles. The molecule has 0 atom stereocenters. The SMILES string of the molecule is COc1cc(NC(=O)Oc2ccccc2)ccn1. The van der Waals surface area contributed by atoms with Gasteiger partial charge in [-0.2, -0.15) is 0 Å². The fourth-order valence-electron chi connectivity index (χ4n) is 1.34. The number of nitrogens with zero attached hydrogens (tertiary/aromatic N) is 1. The van der Waals surface area contributed by atoms with Gasteiger partial charge in [0, 0.05) is 12.3 Å². The molecule has 0 spiro atoms. The van der Waals surface area contributed by atoms with Gasteiger partial charge in [0.05, 0.1) is 12.8 Å². The number of methoxy groups -OCH3 is 1. The molecule has 92 valence electrons. The van der Waals surface area contributed by atoms with E-state index in [0.29, 0.717) is 17.3 Å². The third-order valence-electron chi connectivity index (χ3n) is 2.14. The monoisotopic (exact) mass is 244 g/mol. The minimum atomic E-state index is -0.561. The summed E-state index contributed by atoms with van der Waals surface area (Å²) in [6.07, 6.45) is 0.978. The molecule has 0 saturated heterocycles. The summed E-state index contributed by atoms with van der Waals surface area (Å²) in [4.78, 5) is 15.5. The summed E-state index contributed by atoms with van der Waals surface area (Å²) < 4.78 is 10.0. The topological polar surface area (TPSA) is 60.5 Å². The zero-order valence-electron chi connectivity index (χ0n) is 9.79. The van der Waals surface area contributed by atoms with Crippen LogP contribution in [0.25, 0.3) is 0 Å². The molecule has 18 heavy (non-hydrogen) atoms. The van der Waals surface area contributed by atoms with Crippen molar-refractivity contribution < 1.29 is 14.3 Å². The Balaban J connectivity index is 1.99. The fourth-order valence-corrected chi connectivity index (χ4v) is 1.34. The Kier molecular flexibility index (Phi) is 3.76. The molecule has 1 heterocycles. The summed E-state index contributed by atoms with van der Waals surface area (Å²) in [6, 6.07) is 12.1. The Labute approximate surface area is 104 Å². The molecule has 2 aromatic rings. The van der Waals surface area contributed by atoms with Crippen LogP contribution in [0.15, 0.2) is 48.7 Å². The Morgan fingerprint density at radius 2 is 2.00 bits per heavy atom. The first-order chi connectivity index (χ1) is 8.78. The number of anilines is 1. The highest BCUT2D eigenvalue weighted by atomic mass is 16.6. The molecule has 1 aromatic carbocycles. The van der Waals surface area contributed by atoms with Crippen molar-refractivity contribution in [3.8, 4) is 11.6 Å². The van der Waals surface area contributed by atoms with Gasteiger partial charge in [0.2, 0.25) is 5.88 Å². The third-order valence-corrected chi connectivity index (χ3v) is 2.14. The predicted molar refractivity (Wildman–Crippen MR) is 66.9 cm³/mol. The lowest BCUT2D eigenvalue weighted by molar-refractivity contribution is 0.215. The van der Waals surface area contributed by atoms with Gasteiger partial charge in [-0.25, -0.2) is 9.78 Å². The van der Waals surface area contributed by atoms with Crippen LogP contribution in [-0.2, 0) is 0 Å². The molecule has 2 rings (SSSR count). The van der Waals surface area contributed by atoms with Crippen LogP contribution in [0.2, 0.25) is 0 Å². The first kappa shape index (κ1) is 11.9. The zero-order valence-corrected chi connectivity index (χ0v) is 9.79. The van der Waals surface area contributed by atoms with E-state index in [-0.39, 0.29) is 0 Å². The van der Waals surface area contributed by atoms with E-state index in [1.165, 1.54) is 13.3 Å². The molecule has 5 heteroatoms. The molecule has 1 amide bonds. The quantitative estimate of drug-likeness (QED) is 0.901. The maximum Gasteiger partial charge on any atom is 0.417 e. The second-order valence-corrected chi connectivity index (χ2v) is 3.41. The molecule has 0 radical (unpaired) electrons. The maximum absolute atomic E-state index is 11.6. The van der Waals surface area contributed by atoms with Crippen molar-refractivity contribution in [3.05, 3.63) is 48.7 Å². The van der Waals surface area contributed by atoms with E-state index in [2.05, 4.69) is 10.3 Å². The van der Waals surface area contributed by atoms with Crippen LogP contribution < -0.4 is 14.8 Å². The summed E-state index contributed by atoms with van der Waals surface area (Å²) in [5, 5.41) is 2.58. The molecule has 0 bridgehead atoms. The van der Waals surface area contributed by atoms with Gasteiger partial charge in [-0.15, -0.1) is 0 Å². The van der Waals surface area contributed by atoms with Gasteiger partial charge in [-0.3, -0.25) is 5.32 Å². The summed E-state index contributed by atoms with van der Waals surface area (Å²) in [5.41, 5.74) is 0.558. The summed E-state index contributed by atoms with van der Waals surface area (Å²) >= 11 is 0. The molecule has 5 nitrogen and oxygen atoms in total. The predicted octanol–water partition coefficient (Wildman–Crippen LogP) is 2.70. The van der Waals surface area contributed by atoms with Crippen LogP contribution in [-0.4, -0.2) is 18.2 Å².